The first-order valence-corrected chi connectivity index (χ1v) is 11.6. The van der Waals surface area contributed by atoms with Crippen molar-refractivity contribution in [3.8, 4) is 0 Å². The summed E-state index contributed by atoms with van der Waals surface area (Å²) >= 11 is 0. The summed E-state index contributed by atoms with van der Waals surface area (Å²) in [5.74, 6) is 0.664. The maximum absolute atomic E-state index is 12.9. The van der Waals surface area contributed by atoms with Crippen LogP contribution in [0.25, 0.3) is 0 Å². The van der Waals surface area contributed by atoms with Crippen LogP contribution in [0.3, 0.4) is 0 Å². The van der Waals surface area contributed by atoms with E-state index in [4.69, 9.17) is 9.47 Å². The van der Waals surface area contributed by atoms with E-state index in [1.54, 1.807) is 0 Å². The lowest BCUT2D eigenvalue weighted by atomic mass is 9.86. The summed E-state index contributed by atoms with van der Waals surface area (Å²) in [5, 5.41) is 12.0. The number of amides is 1. The minimum atomic E-state index is -0.162. The van der Waals surface area contributed by atoms with Crippen LogP contribution in [0.2, 0.25) is 0 Å². The number of ether oxygens (including phenoxy) is 2. The molecule has 3 aliphatic rings. The summed E-state index contributed by atoms with van der Waals surface area (Å²) < 4.78 is 16.1. The molecule has 31 heavy (non-hydrogen) atoms. The zero-order valence-electron chi connectivity index (χ0n) is 18.7. The van der Waals surface area contributed by atoms with Crippen LogP contribution in [0, 0.1) is 19.8 Å². The predicted octanol–water partition coefficient (Wildman–Crippen LogP) is 2.49. The molecule has 8 nitrogen and oxygen atoms in total. The van der Waals surface area contributed by atoms with Crippen molar-refractivity contribution in [1.82, 2.24) is 24.9 Å². The van der Waals surface area contributed by atoms with Gasteiger partial charge in [-0.2, -0.15) is 0 Å². The normalized spacial score (nSPS) is 28.7. The second-order valence-corrected chi connectivity index (χ2v) is 9.49. The molecule has 3 fully saturated rings. The van der Waals surface area contributed by atoms with Crippen molar-refractivity contribution in [3.63, 3.8) is 0 Å². The highest BCUT2D eigenvalue weighted by molar-refractivity contribution is 5.96. The van der Waals surface area contributed by atoms with E-state index in [0.29, 0.717) is 18.8 Å². The van der Waals surface area contributed by atoms with Gasteiger partial charge in [-0.1, -0.05) is 37.3 Å². The van der Waals surface area contributed by atoms with E-state index in [0.717, 1.165) is 29.4 Å². The van der Waals surface area contributed by atoms with Gasteiger partial charge < -0.3 is 19.4 Å². The molecule has 4 unspecified atom stereocenters. The molecule has 0 spiro atoms. The van der Waals surface area contributed by atoms with E-state index in [2.05, 4.69) is 21.8 Å². The highest BCUT2D eigenvalue weighted by atomic mass is 16.6. The van der Waals surface area contributed by atoms with E-state index in [-0.39, 0.29) is 30.2 Å². The van der Waals surface area contributed by atoms with Gasteiger partial charge in [0.05, 0.1) is 30.5 Å². The number of fused-ring (bicyclic) bond motifs is 1. The topological polar surface area (TPSA) is 83.2 Å². The molecule has 0 radical (unpaired) electrons. The fourth-order valence-electron chi connectivity index (χ4n) is 5.42. The van der Waals surface area contributed by atoms with Gasteiger partial charge in [-0.25, -0.2) is 4.68 Å². The second-order valence-electron chi connectivity index (χ2n) is 9.49. The summed E-state index contributed by atoms with van der Waals surface area (Å²) in [6, 6.07) is 1.77. The van der Waals surface area contributed by atoms with Gasteiger partial charge in [0.2, 0.25) is 0 Å². The molecule has 2 aliphatic heterocycles. The summed E-state index contributed by atoms with van der Waals surface area (Å²) in [7, 11) is 1.97. The minimum absolute atomic E-state index is 0.000198. The molecule has 1 saturated carbocycles. The minimum Gasteiger partial charge on any atom is -0.371 e. The van der Waals surface area contributed by atoms with E-state index in [1.165, 1.54) is 32.1 Å². The fourth-order valence-corrected chi connectivity index (χ4v) is 5.42. The Balaban J connectivity index is 1.22. The Bertz CT molecular complexity index is 945. The zero-order chi connectivity index (χ0) is 21.5. The quantitative estimate of drug-likeness (QED) is 0.793. The van der Waals surface area contributed by atoms with E-state index < -0.39 is 0 Å². The van der Waals surface area contributed by atoms with E-state index in [9.17, 15) is 4.79 Å². The first-order chi connectivity index (χ1) is 15.0. The monoisotopic (exact) mass is 427 g/mol. The Hall–Kier alpha value is -2.19. The summed E-state index contributed by atoms with van der Waals surface area (Å²) in [4.78, 5) is 12.9. The summed E-state index contributed by atoms with van der Waals surface area (Å²) in [6.07, 6.45) is 9.43. The molecule has 1 amide bonds. The van der Waals surface area contributed by atoms with Gasteiger partial charge in [-0.05, 0) is 32.3 Å². The molecule has 2 saturated heterocycles. The Morgan fingerprint density at radius 2 is 1.94 bits per heavy atom. The van der Waals surface area contributed by atoms with Crippen molar-refractivity contribution < 1.29 is 14.3 Å². The third-order valence-corrected chi connectivity index (χ3v) is 7.48. The van der Waals surface area contributed by atoms with Crippen molar-refractivity contribution in [3.05, 3.63) is 34.9 Å². The zero-order valence-corrected chi connectivity index (χ0v) is 18.7. The number of nitrogens with zero attached hydrogens (tertiary/aromatic N) is 4. The number of aromatic nitrogens is 4. The molecule has 168 valence electrons. The highest BCUT2D eigenvalue weighted by Gasteiger charge is 2.49. The molecule has 2 aromatic rings. The summed E-state index contributed by atoms with van der Waals surface area (Å²) in [6.45, 7) is 4.95. The molecule has 4 heterocycles. The van der Waals surface area contributed by atoms with E-state index in [1.807, 2.05) is 36.2 Å². The number of hydrogen-bond acceptors (Lipinski definition) is 5. The molecule has 1 N–H and O–H groups in total. The lowest BCUT2D eigenvalue weighted by Gasteiger charge is -2.20. The van der Waals surface area contributed by atoms with Crippen LogP contribution >= 0.6 is 0 Å². The molecular weight excluding hydrogens is 394 g/mol. The van der Waals surface area contributed by atoms with Crippen molar-refractivity contribution in [2.75, 3.05) is 13.2 Å². The number of carbonyl (C=O) groups excluding carboxylic acids is 1. The molecule has 1 aliphatic carbocycles. The SMILES string of the molecule is Cc1cc(C(=O)NC2COC3C2OCC3n2cc(CC3CCCCC3)nn2)c(C)n1C. The van der Waals surface area contributed by atoms with Crippen LogP contribution < -0.4 is 5.32 Å². The van der Waals surface area contributed by atoms with Crippen molar-refractivity contribution in [2.45, 2.75) is 76.7 Å². The third-order valence-electron chi connectivity index (χ3n) is 7.48. The van der Waals surface area contributed by atoms with Crippen molar-refractivity contribution in [1.29, 1.82) is 0 Å². The van der Waals surface area contributed by atoms with Gasteiger partial charge in [-0.15, -0.1) is 5.10 Å². The van der Waals surface area contributed by atoms with Gasteiger partial charge in [0.15, 0.2) is 0 Å². The van der Waals surface area contributed by atoms with Crippen molar-refractivity contribution >= 4 is 5.91 Å². The number of aryl methyl sites for hydroxylation is 1. The van der Waals surface area contributed by atoms with Crippen LogP contribution in [0.4, 0.5) is 0 Å². The smallest absolute Gasteiger partial charge is 0.253 e. The van der Waals surface area contributed by atoms with Crippen LogP contribution in [-0.4, -0.2) is 56.9 Å². The number of hydrogen-bond donors (Lipinski definition) is 1. The van der Waals surface area contributed by atoms with Crippen molar-refractivity contribution in [2.24, 2.45) is 13.0 Å². The molecule has 0 bridgehead atoms. The van der Waals surface area contributed by atoms with Crippen LogP contribution in [0.1, 0.15) is 65.6 Å². The molecule has 0 aromatic carbocycles. The maximum atomic E-state index is 12.9. The summed E-state index contributed by atoms with van der Waals surface area (Å²) in [5.41, 5.74) is 3.80. The van der Waals surface area contributed by atoms with Gasteiger partial charge in [0.1, 0.15) is 18.2 Å². The average molecular weight is 428 g/mol. The molecule has 5 rings (SSSR count). The lowest BCUT2D eigenvalue weighted by Crippen LogP contribution is -2.44. The first kappa shape index (κ1) is 20.7. The van der Waals surface area contributed by atoms with E-state index >= 15 is 0 Å². The third kappa shape index (κ3) is 3.91. The number of carbonyl (C=O) groups is 1. The Morgan fingerprint density at radius 1 is 1.16 bits per heavy atom. The maximum Gasteiger partial charge on any atom is 0.253 e. The van der Waals surface area contributed by atoms with Gasteiger partial charge in [-0.3, -0.25) is 4.79 Å². The highest BCUT2D eigenvalue weighted by Crippen LogP contribution is 2.34. The number of nitrogens with one attached hydrogen (secondary N) is 1. The molecular formula is C23H33N5O3. The lowest BCUT2D eigenvalue weighted by molar-refractivity contribution is 0.0613. The second kappa shape index (κ2) is 8.39. The number of rotatable bonds is 5. The van der Waals surface area contributed by atoms with Gasteiger partial charge in [0, 0.05) is 24.6 Å². The standard InChI is InChI=1S/C23H33N5O3/c1-14-9-18(15(2)27(14)3)23(29)24-19-12-30-22-20(13-31-21(19)22)28-11-17(25-26-28)10-16-7-5-4-6-8-16/h9,11,16,19-22H,4-8,10,12-13H2,1-3H3,(H,24,29). The molecule has 2 aromatic heterocycles. The first-order valence-electron chi connectivity index (χ1n) is 11.6. The van der Waals surface area contributed by atoms with Gasteiger partial charge >= 0.3 is 0 Å². The molecule has 8 heteroatoms. The largest absolute Gasteiger partial charge is 0.371 e. The van der Waals surface area contributed by atoms with Gasteiger partial charge in [0.25, 0.3) is 5.91 Å². The van der Waals surface area contributed by atoms with Crippen LogP contribution in [0.5, 0.6) is 0 Å². The van der Waals surface area contributed by atoms with Crippen LogP contribution in [0.15, 0.2) is 12.3 Å². The molecule has 4 atom stereocenters. The fraction of sp³-hybridized carbons (Fsp3) is 0.696. The average Bonchev–Trinajstić information content (AvgIpc) is 3.52. The Kier molecular flexibility index (Phi) is 5.60. The Labute approximate surface area is 183 Å². The Morgan fingerprint density at radius 3 is 2.68 bits per heavy atom. The van der Waals surface area contributed by atoms with Crippen LogP contribution in [-0.2, 0) is 22.9 Å². The predicted molar refractivity (Wildman–Crippen MR) is 115 cm³/mol.